The summed E-state index contributed by atoms with van der Waals surface area (Å²) in [5.41, 5.74) is 27.6. The quantitative estimate of drug-likeness (QED) is 0.113. The van der Waals surface area contributed by atoms with Crippen LogP contribution in [-0.2, 0) is 53.3 Å². The molecule has 0 spiro atoms. The van der Waals surface area contributed by atoms with Gasteiger partial charge in [-0.1, -0.05) is 193 Å². The fourth-order valence-corrected chi connectivity index (χ4v) is 11.8. The Morgan fingerprint density at radius 2 is 0.673 bits per heavy atom. The Balaban J connectivity index is 0.000000123. The van der Waals surface area contributed by atoms with Gasteiger partial charge in [0.2, 0.25) is 11.4 Å². The van der Waals surface area contributed by atoms with Crippen molar-refractivity contribution in [3.05, 3.63) is 430 Å². The first-order valence-electron chi connectivity index (χ1n) is 33.2. The molecule has 0 fully saturated rings. The van der Waals surface area contributed by atoms with Gasteiger partial charge in [-0.05, 0) is 93.8 Å². The number of rotatable bonds is 8. The summed E-state index contributed by atoms with van der Waals surface area (Å²) < 4.78 is 4.63. The predicted molar refractivity (Wildman–Crippen MR) is 404 cm³/mol. The summed E-state index contributed by atoms with van der Waals surface area (Å²) in [6, 6.07) is 136. The number of aromatic nitrogens is 5. The van der Waals surface area contributed by atoms with Gasteiger partial charge in [0.25, 0.3) is 0 Å². The second kappa shape index (κ2) is 36.3. The Kier molecular flexibility index (Phi) is 25.5. The molecule has 0 amide bonds. The number of pyridine rings is 5. The Morgan fingerprint density at radius 1 is 0.277 bits per heavy atom. The third kappa shape index (κ3) is 19.0. The van der Waals surface area contributed by atoms with Crippen molar-refractivity contribution in [1.82, 2.24) is 15.0 Å². The zero-order chi connectivity index (χ0) is 67.1. The van der Waals surface area contributed by atoms with E-state index < -0.39 is 0 Å². The smallest absolute Gasteiger partial charge is 0.305 e. The molecular weight excluding hydrogens is 1580 g/mol. The van der Waals surface area contributed by atoms with E-state index in [9.17, 15) is 0 Å². The standard InChI is InChI=1S/C19H16N.C18H14N.C18H12.C17H12N.2C11H8N.2Ir/c1-14-9-10-20-13-17-8-7-16(12-18(17)19(20)11-14)15-5-3-2-4-6-15;1-2-6-14(7-3-1)15-9-10-16-13-19-11-5-4-8-18(19)17(16)12-15;1-3-8-15(9-4-1)17-12-7-13-18(14-17)16-10-5-2-6-11-16;1-2-6-14(7-3-1)15-9-11-16(12-10-15)17-8-4-5-13-18-17;2*1-2-6-10(7-3-1)11-8-4-5-9-12-11;;/h2-12H,13H2,1H3;1-12H,13H2;1-10,12,14H;1-11,13H;2*1-6,8-9H;;/q2*+1;-2;3*-1;;+3. The molecule has 18 rings (SSSR count). The minimum atomic E-state index is 0. The zero-order valence-electron chi connectivity index (χ0n) is 55.7. The second-order valence-electron chi connectivity index (χ2n) is 23.6. The van der Waals surface area contributed by atoms with Crippen LogP contribution < -0.4 is 9.13 Å². The largest absolute Gasteiger partial charge is 3.00 e. The molecule has 5 aromatic heterocycles. The van der Waals surface area contributed by atoms with Crippen LogP contribution in [0.3, 0.4) is 0 Å². The fourth-order valence-electron chi connectivity index (χ4n) is 11.8. The van der Waals surface area contributed by atoms with E-state index in [0.717, 1.165) is 58.0 Å². The Bertz CT molecular complexity index is 4880. The molecule has 5 nitrogen and oxygen atoms in total. The molecule has 0 saturated carbocycles. The molecule has 0 N–H and O–H groups in total. The van der Waals surface area contributed by atoms with E-state index >= 15 is 0 Å². The summed E-state index contributed by atoms with van der Waals surface area (Å²) in [5.74, 6) is 0. The molecular formula is C94H70Ir2N5. The summed E-state index contributed by atoms with van der Waals surface area (Å²) in [7, 11) is 0. The van der Waals surface area contributed by atoms with Gasteiger partial charge in [-0.15, -0.1) is 119 Å². The summed E-state index contributed by atoms with van der Waals surface area (Å²) in [6.07, 6.45) is 9.71. The van der Waals surface area contributed by atoms with E-state index in [0.29, 0.717) is 0 Å². The molecule has 2 aliphatic heterocycles. The van der Waals surface area contributed by atoms with Crippen LogP contribution in [0.25, 0.3) is 112 Å². The molecule has 0 bridgehead atoms. The third-order valence-corrected chi connectivity index (χ3v) is 16.9. The molecule has 489 valence electrons. The van der Waals surface area contributed by atoms with E-state index in [1.807, 2.05) is 158 Å². The number of nitrogens with zero attached hydrogens (tertiary/aromatic N) is 5. The van der Waals surface area contributed by atoms with E-state index in [2.05, 4.69) is 268 Å². The molecule has 7 heteroatoms. The maximum atomic E-state index is 4.32. The molecule has 0 atom stereocenters. The van der Waals surface area contributed by atoms with Crippen LogP contribution in [0.1, 0.15) is 16.7 Å². The number of benzene rings is 11. The average Bonchev–Trinajstić information content (AvgIpc) is 1.64. The molecule has 11 aromatic carbocycles. The van der Waals surface area contributed by atoms with Gasteiger partial charge < -0.3 is 15.0 Å². The summed E-state index contributed by atoms with van der Waals surface area (Å²) in [5, 5.41) is 0. The fraction of sp³-hybridized carbons (Fsp3) is 0.0319. The third-order valence-electron chi connectivity index (χ3n) is 16.9. The van der Waals surface area contributed by atoms with E-state index in [1.54, 1.807) is 18.6 Å². The first-order valence-corrected chi connectivity index (χ1v) is 33.2. The van der Waals surface area contributed by atoms with Crippen LogP contribution in [0, 0.1) is 37.3 Å². The van der Waals surface area contributed by atoms with Crippen LogP contribution in [0.15, 0.2) is 383 Å². The maximum absolute atomic E-state index is 4.32. The van der Waals surface area contributed by atoms with Crippen molar-refractivity contribution in [2.45, 2.75) is 20.0 Å². The zero-order valence-corrected chi connectivity index (χ0v) is 60.5. The first-order chi connectivity index (χ1) is 49.0. The number of aryl methyl sites for hydroxylation is 1. The van der Waals surface area contributed by atoms with Crippen molar-refractivity contribution in [1.29, 1.82) is 0 Å². The molecule has 0 saturated heterocycles. The number of fused-ring (bicyclic) bond motifs is 6. The molecule has 0 aliphatic carbocycles. The normalized spacial score (nSPS) is 10.6. The predicted octanol–water partition coefficient (Wildman–Crippen LogP) is 21.6. The minimum Gasteiger partial charge on any atom is -0.305 e. The summed E-state index contributed by atoms with van der Waals surface area (Å²) in [6.45, 7) is 4.13. The topological polar surface area (TPSA) is 46.4 Å². The van der Waals surface area contributed by atoms with Gasteiger partial charge in [0.1, 0.15) is 0 Å². The first kappa shape index (κ1) is 70.8. The van der Waals surface area contributed by atoms with Crippen molar-refractivity contribution in [3.8, 4) is 112 Å². The summed E-state index contributed by atoms with van der Waals surface area (Å²) >= 11 is 0. The van der Waals surface area contributed by atoms with Crippen LogP contribution >= 0.6 is 0 Å². The molecule has 0 unspecified atom stereocenters. The van der Waals surface area contributed by atoms with Crippen LogP contribution in [0.5, 0.6) is 0 Å². The van der Waals surface area contributed by atoms with Gasteiger partial charge in [0.05, 0.1) is 11.1 Å². The Labute approximate surface area is 621 Å². The maximum Gasteiger partial charge on any atom is 3.00 e. The van der Waals surface area contributed by atoms with Crippen LogP contribution in [-0.4, -0.2) is 15.0 Å². The van der Waals surface area contributed by atoms with Crippen LogP contribution in [0.2, 0.25) is 0 Å². The molecule has 7 heterocycles. The van der Waals surface area contributed by atoms with E-state index in [4.69, 9.17) is 0 Å². The summed E-state index contributed by atoms with van der Waals surface area (Å²) in [4.78, 5) is 12.8. The van der Waals surface area contributed by atoms with Crippen molar-refractivity contribution >= 4 is 0 Å². The minimum absolute atomic E-state index is 0. The van der Waals surface area contributed by atoms with Gasteiger partial charge in [-0.25, -0.2) is 11.1 Å². The molecule has 16 aromatic rings. The SMILES string of the molecule is Cc1cc[n+]2c(c1)-c1cc(-c3ccccc3)ccc1C2.[Ir+3].[Ir].[c-]1cc(-c2ccccc2)ccc1-c1ccccn1.[c-]1ccccc1-c1[c-]ccc(-c2ccccc2)c1.[c-]1ccccc1-c1ccccn1.[c-]1ccccc1-c1ccccn1.c1ccc(-c2ccc3c(c2)-c2cccc[n+]2C3)cc1. The average molecular weight is 1650 g/mol. The Morgan fingerprint density at radius 3 is 1.12 bits per heavy atom. The second-order valence-corrected chi connectivity index (χ2v) is 23.6. The van der Waals surface area contributed by atoms with E-state index in [-0.39, 0.29) is 40.2 Å². The van der Waals surface area contributed by atoms with Gasteiger partial charge in [0, 0.05) is 74.1 Å². The molecule has 101 heavy (non-hydrogen) atoms. The molecule has 2 aliphatic rings. The Hall–Kier alpha value is -11.5. The van der Waals surface area contributed by atoms with Crippen molar-refractivity contribution in [2.24, 2.45) is 0 Å². The van der Waals surface area contributed by atoms with Crippen molar-refractivity contribution < 1.29 is 49.3 Å². The monoisotopic (exact) mass is 1650 g/mol. The van der Waals surface area contributed by atoms with E-state index in [1.165, 1.54) is 83.7 Å². The van der Waals surface area contributed by atoms with Gasteiger partial charge in [-0.2, -0.15) is 51.6 Å². The van der Waals surface area contributed by atoms with Gasteiger partial charge in [-0.3, -0.25) is 0 Å². The molecule has 1 radical (unpaired) electrons. The van der Waals surface area contributed by atoms with Crippen molar-refractivity contribution in [3.63, 3.8) is 0 Å². The number of hydrogen-bond acceptors (Lipinski definition) is 3. The van der Waals surface area contributed by atoms with Crippen molar-refractivity contribution in [2.75, 3.05) is 0 Å². The van der Waals surface area contributed by atoms with Gasteiger partial charge in [0.15, 0.2) is 25.5 Å². The van der Waals surface area contributed by atoms with Crippen LogP contribution in [0.4, 0.5) is 0 Å². The number of hydrogen-bond donors (Lipinski definition) is 0. The van der Waals surface area contributed by atoms with Gasteiger partial charge >= 0.3 is 20.1 Å².